The number of hydrogen-bond acceptors (Lipinski definition) is 6. The van der Waals surface area contributed by atoms with Crippen molar-refractivity contribution in [2.75, 3.05) is 25.0 Å². The SMILES string of the molecule is Cc1nn(Cc2ccccc2)c(Cl)c1C(=O)OCC(=O)Nc1cccc(S(=O)(=O)N2CCCC2)c1. The van der Waals surface area contributed by atoms with Crippen molar-refractivity contribution in [3.05, 3.63) is 76.6 Å². The average Bonchev–Trinajstić information content (AvgIpc) is 3.48. The van der Waals surface area contributed by atoms with Gasteiger partial charge in [0.2, 0.25) is 10.0 Å². The van der Waals surface area contributed by atoms with E-state index in [2.05, 4.69) is 10.4 Å². The van der Waals surface area contributed by atoms with E-state index in [0.717, 1.165) is 18.4 Å². The van der Waals surface area contributed by atoms with Crippen LogP contribution in [0.1, 0.15) is 34.5 Å². The van der Waals surface area contributed by atoms with Crippen LogP contribution < -0.4 is 5.32 Å². The van der Waals surface area contributed by atoms with Crippen molar-refractivity contribution in [2.24, 2.45) is 0 Å². The second kappa shape index (κ2) is 10.6. The summed E-state index contributed by atoms with van der Waals surface area (Å²) in [7, 11) is -3.62. The van der Waals surface area contributed by atoms with Crippen LogP contribution in [0.5, 0.6) is 0 Å². The van der Waals surface area contributed by atoms with Crippen molar-refractivity contribution in [1.82, 2.24) is 14.1 Å². The van der Waals surface area contributed by atoms with Gasteiger partial charge in [0.05, 0.1) is 17.1 Å². The van der Waals surface area contributed by atoms with Gasteiger partial charge in [0.25, 0.3) is 5.91 Å². The van der Waals surface area contributed by atoms with Gasteiger partial charge in [-0.25, -0.2) is 17.9 Å². The lowest BCUT2D eigenvalue weighted by atomic mass is 10.2. The minimum absolute atomic E-state index is 0.0918. The van der Waals surface area contributed by atoms with Crippen LogP contribution in [0.3, 0.4) is 0 Å². The number of sulfonamides is 1. The standard InChI is InChI=1S/C24H25ClN4O5S/c1-17-22(23(25)29(27-17)15-18-8-3-2-4-9-18)24(31)34-16-21(30)26-19-10-7-11-20(14-19)35(32,33)28-12-5-6-13-28/h2-4,7-11,14H,5-6,12-13,15-16H2,1H3,(H,26,30). The Kier molecular flexibility index (Phi) is 7.54. The Balaban J connectivity index is 1.38. The van der Waals surface area contributed by atoms with E-state index in [1.807, 2.05) is 30.3 Å². The van der Waals surface area contributed by atoms with E-state index in [4.69, 9.17) is 16.3 Å². The molecule has 9 nitrogen and oxygen atoms in total. The zero-order valence-electron chi connectivity index (χ0n) is 19.1. The highest BCUT2D eigenvalue weighted by Gasteiger charge is 2.27. The first-order valence-corrected chi connectivity index (χ1v) is 12.9. The number of ether oxygens (including phenoxy) is 1. The summed E-state index contributed by atoms with van der Waals surface area (Å²) in [5.41, 5.74) is 1.73. The lowest BCUT2D eigenvalue weighted by Gasteiger charge is -2.16. The van der Waals surface area contributed by atoms with Crippen molar-refractivity contribution in [1.29, 1.82) is 0 Å². The Morgan fingerprint density at radius 2 is 1.80 bits per heavy atom. The molecular weight excluding hydrogens is 492 g/mol. The third-order valence-corrected chi connectivity index (χ3v) is 7.88. The molecule has 2 heterocycles. The van der Waals surface area contributed by atoms with Crippen LogP contribution in [0.15, 0.2) is 59.5 Å². The smallest absolute Gasteiger partial charge is 0.343 e. The normalized spacial score (nSPS) is 14.1. The number of anilines is 1. The lowest BCUT2D eigenvalue weighted by molar-refractivity contribution is -0.119. The monoisotopic (exact) mass is 516 g/mol. The van der Waals surface area contributed by atoms with Gasteiger partial charge in [-0.15, -0.1) is 0 Å². The maximum atomic E-state index is 12.7. The lowest BCUT2D eigenvalue weighted by Crippen LogP contribution is -2.28. The third kappa shape index (κ3) is 5.72. The maximum absolute atomic E-state index is 12.7. The van der Waals surface area contributed by atoms with Crippen molar-refractivity contribution in [3.8, 4) is 0 Å². The molecule has 4 rings (SSSR count). The molecule has 11 heteroatoms. The number of aromatic nitrogens is 2. The molecule has 0 saturated carbocycles. The number of carbonyl (C=O) groups is 2. The number of esters is 1. The van der Waals surface area contributed by atoms with Gasteiger partial charge in [0, 0.05) is 18.8 Å². The molecular formula is C24H25ClN4O5S. The van der Waals surface area contributed by atoms with Crippen LogP contribution in [0.25, 0.3) is 0 Å². The molecule has 1 N–H and O–H groups in total. The minimum Gasteiger partial charge on any atom is -0.452 e. The molecule has 0 bridgehead atoms. The van der Waals surface area contributed by atoms with Gasteiger partial charge in [-0.05, 0) is 43.5 Å². The minimum atomic E-state index is -3.62. The largest absolute Gasteiger partial charge is 0.452 e. The summed E-state index contributed by atoms with van der Waals surface area (Å²) in [5.74, 6) is -1.38. The highest BCUT2D eigenvalue weighted by Crippen LogP contribution is 2.24. The Hall–Kier alpha value is -3.21. The Labute approximate surface area is 208 Å². The van der Waals surface area contributed by atoms with E-state index in [1.54, 1.807) is 19.1 Å². The number of benzene rings is 2. The first-order chi connectivity index (χ1) is 16.8. The van der Waals surface area contributed by atoms with Crippen molar-refractivity contribution < 1.29 is 22.7 Å². The molecule has 0 unspecified atom stereocenters. The first-order valence-electron chi connectivity index (χ1n) is 11.1. The highest BCUT2D eigenvalue weighted by atomic mass is 35.5. The summed E-state index contributed by atoms with van der Waals surface area (Å²) >= 11 is 6.37. The fourth-order valence-electron chi connectivity index (χ4n) is 3.86. The number of amides is 1. The molecule has 1 saturated heterocycles. The van der Waals surface area contributed by atoms with Gasteiger partial charge in [-0.3, -0.25) is 4.79 Å². The zero-order chi connectivity index (χ0) is 25.0. The van der Waals surface area contributed by atoms with E-state index in [0.29, 0.717) is 25.3 Å². The highest BCUT2D eigenvalue weighted by molar-refractivity contribution is 7.89. The molecule has 184 valence electrons. The molecule has 2 aromatic carbocycles. The summed E-state index contributed by atoms with van der Waals surface area (Å²) < 4.78 is 33.6. The van der Waals surface area contributed by atoms with E-state index >= 15 is 0 Å². The summed E-state index contributed by atoms with van der Waals surface area (Å²) in [6.07, 6.45) is 1.66. The summed E-state index contributed by atoms with van der Waals surface area (Å²) in [4.78, 5) is 25.1. The van der Waals surface area contributed by atoms with Gasteiger partial charge < -0.3 is 10.1 Å². The van der Waals surface area contributed by atoms with Gasteiger partial charge in [-0.1, -0.05) is 48.0 Å². The number of nitrogens with one attached hydrogen (secondary N) is 1. The molecule has 1 aromatic heterocycles. The predicted molar refractivity (Wildman–Crippen MR) is 131 cm³/mol. The molecule has 1 fully saturated rings. The molecule has 1 aliphatic rings. The number of rotatable bonds is 8. The second-order valence-electron chi connectivity index (χ2n) is 8.16. The van der Waals surface area contributed by atoms with Gasteiger partial charge in [0.15, 0.2) is 6.61 Å². The summed E-state index contributed by atoms with van der Waals surface area (Å²) in [5, 5.41) is 7.00. The molecule has 35 heavy (non-hydrogen) atoms. The summed E-state index contributed by atoms with van der Waals surface area (Å²) in [6, 6.07) is 15.5. The number of aryl methyl sites for hydroxylation is 1. The van der Waals surface area contributed by atoms with E-state index < -0.39 is 28.5 Å². The number of nitrogens with zero attached hydrogens (tertiary/aromatic N) is 3. The molecule has 0 aliphatic carbocycles. The fraction of sp³-hybridized carbons (Fsp3) is 0.292. The van der Waals surface area contributed by atoms with Crippen LogP contribution >= 0.6 is 11.6 Å². The number of hydrogen-bond donors (Lipinski definition) is 1. The maximum Gasteiger partial charge on any atom is 0.343 e. The van der Waals surface area contributed by atoms with Crippen LogP contribution in [0.4, 0.5) is 5.69 Å². The van der Waals surface area contributed by atoms with Crippen molar-refractivity contribution >= 4 is 39.2 Å². The van der Waals surface area contributed by atoms with Gasteiger partial charge in [0.1, 0.15) is 10.7 Å². The molecule has 1 aliphatic heterocycles. The van der Waals surface area contributed by atoms with Crippen LogP contribution in [-0.4, -0.2) is 54.1 Å². The summed E-state index contributed by atoms with van der Waals surface area (Å²) in [6.45, 7) is 2.42. The Bertz CT molecular complexity index is 1340. The van der Waals surface area contributed by atoms with Crippen LogP contribution in [0.2, 0.25) is 5.15 Å². The Morgan fingerprint density at radius 1 is 1.09 bits per heavy atom. The van der Waals surface area contributed by atoms with Crippen LogP contribution in [0, 0.1) is 6.92 Å². The molecule has 0 spiro atoms. The zero-order valence-corrected chi connectivity index (χ0v) is 20.7. The predicted octanol–water partition coefficient (Wildman–Crippen LogP) is 3.47. The average molecular weight is 517 g/mol. The fourth-order valence-corrected chi connectivity index (χ4v) is 5.73. The Morgan fingerprint density at radius 3 is 2.51 bits per heavy atom. The quantitative estimate of drug-likeness (QED) is 0.459. The molecule has 0 atom stereocenters. The number of halogens is 1. The van der Waals surface area contributed by atoms with E-state index in [-0.39, 0.29) is 21.3 Å². The van der Waals surface area contributed by atoms with Gasteiger partial charge >= 0.3 is 5.97 Å². The van der Waals surface area contributed by atoms with E-state index in [1.165, 1.54) is 21.1 Å². The van der Waals surface area contributed by atoms with Gasteiger partial charge in [-0.2, -0.15) is 9.40 Å². The molecule has 3 aromatic rings. The topological polar surface area (TPSA) is 111 Å². The van der Waals surface area contributed by atoms with Crippen LogP contribution in [-0.2, 0) is 26.1 Å². The van der Waals surface area contributed by atoms with E-state index in [9.17, 15) is 18.0 Å². The number of carbonyl (C=O) groups excluding carboxylic acids is 2. The third-order valence-electron chi connectivity index (χ3n) is 5.60. The first kappa shape index (κ1) is 24.9. The molecule has 0 radical (unpaired) electrons. The van der Waals surface area contributed by atoms with Crippen molar-refractivity contribution in [3.63, 3.8) is 0 Å². The molecule has 1 amide bonds. The second-order valence-corrected chi connectivity index (χ2v) is 10.5. The van der Waals surface area contributed by atoms with Crippen molar-refractivity contribution in [2.45, 2.75) is 31.2 Å².